The molecule has 3 aromatic heterocycles. The first-order valence-electron chi connectivity index (χ1n) is 8.49. The van der Waals surface area contributed by atoms with Crippen molar-refractivity contribution < 1.29 is 4.79 Å². The summed E-state index contributed by atoms with van der Waals surface area (Å²) in [5.74, 6) is 0.480. The number of carbonyl (C=O) groups excluding carboxylic acids is 1. The van der Waals surface area contributed by atoms with Gasteiger partial charge in [-0.25, -0.2) is 4.98 Å². The summed E-state index contributed by atoms with van der Waals surface area (Å²) in [6.07, 6.45) is 3.95. The largest absolute Gasteiger partial charge is 0.361 e. The number of nitrogens with one attached hydrogen (secondary N) is 3. The van der Waals surface area contributed by atoms with Gasteiger partial charge in [-0.1, -0.05) is 36.4 Å². The fraction of sp³-hybridized carbons (Fsp3) is 0.0476. The number of H-pyrrole nitrogens is 2. The highest BCUT2D eigenvalue weighted by atomic mass is 16.1. The molecule has 3 heterocycles. The van der Waals surface area contributed by atoms with E-state index in [2.05, 4.69) is 26.3 Å². The number of carbonyl (C=O) groups is 1. The summed E-state index contributed by atoms with van der Waals surface area (Å²) in [6, 6.07) is 18.0. The molecule has 0 aliphatic carbocycles. The van der Waals surface area contributed by atoms with E-state index in [1.165, 1.54) is 0 Å². The first-order chi connectivity index (χ1) is 12.8. The Morgan fingerprint density at radius 2 is 1.69 bits per heavy atom. The molecule has 0 unspecified atom stereocenters. The third-order valence-electron chi connectivity index (χ3n) is 4.68. The summed E-state index contributed by atoms with van der Waals surface area (Å²) < 4.78 is 0. The highest BCUT2D eigenvalue weighted by Gasteiger charge is 2.11. The number of amides is 1. The highest BCUT2D eigenvalue weighted by Crippen LogP contribution is 2.26. The van der Waals surface area contributed by atoms with E-state index in [0.717, 1.165) is 38.3 Å². The predicted molar refractivity (Wildman–Crippen MR) is 104 cm³/mol. The van der Waals surface area contributed by atoms with Gasteiger partial charge in [0, 0.05) is 33.4 Å². The zero-order chi connectivity index (χ0) is 17.5. The lowest BCUT2D eigenvalue weighted by atomic mass is 10.1. The predicted octanol–water partition coefficient (Wildman–Crippen LogP) is 4.38. The summed E-state index contributed by atoms with van der Waals surface area (Å²) in [6.45, 7) is 0. The zero-order valence-corrected chi connectivity index (χ0v) is 13.9. The van der Waals surface area contributed by atoms with Crippen molar-refractivity contribution in [1.82, 2.24) is 15.0 Å². The Labute approximate surface area is 149 Å². The fourth-order valence-corrected chi connectivity index (χ4v) is 3.46. The number of pyridine rings is 1. The summed E-state index contributed by atoms with van der Waals surface area (Å²) in [5.41, 5.74) is 4.03. The van der Waals surface area contributed by atoms with Crippen molar-refractivity contribution in [3.8, 4) is 0 Å². The van der Waals surface area contributed by atoms with E-state index < -0.39 is 0 Å². The molecule has 0 aliphatic rings. The number of hydrogen-bond donors (Lipinski definition) is 3. The molecule has 26 heavy (non-hydrogen) atoms. The van der Waals surface area contributed by atoms with Crippen molar-refractivity contribution in [2.75, 3.05) is 5.32 Å². The number of fused-ring (bicyclic) bond motifs is 4. The smallest absolute Gasteiger partial charge is 0.230 e. The minimum Gasteiger partial charge on any atom is -0.361 e. The Bertz CT molecular complexity index is 1260. The van der Waals surface area contributed by atoms with Crippen LogP contribution in [-0.2, 0) is 11.2 Å². The molecule has 0 saturated heterocycles. The summed E-state index contributed by atoms with van der Waals surface area (Å²) in [7, 11) is 0. The van der Waals surface area contributed by atoms with Crippen LogP contribution in [-0.4, -0.2) is 20.9 Å². The summed E-state index contributed by atoms with van der Waals surface area (Å²) in [5, 5.41) is 6.16. The van der Waals surface area contributed by atoms with Gasteiger partial charge >= 0.3 is 0 Å². The summed E-state index contributed by atoms with van der Waals surface area (Å²) >= 11 is 0. The van der Waals surface area contributed by atoms with Gasteiger partial charge in [0.05, 0.1) is 18.1 Å². The Kier molecular flexibility index (Phi) is 3.25. The maximum atomic E-state index is 12.5. The average molecular weight is 340 g/mol. The number of anilines is 1. The minimum atomic E-state index is -0.0820. The fourth-order valence-electron chi connectivity index (χ4n) is 3.46. The second kappa shape index (κ2) is 5.74. The Hall–Kier alpha value is -3.60. The normalized spacial score (nSPS) is 11.4. The molecule has 1 amide bonds. The van der Waals surface area contributed by atoms with E-state index in [1.807, 2.05) is 54.7 Å². The maximum Gasteiger partial charge on any atom is 0.230 e. The standard InChI is InChI=1S/C21H16N4O/c26-21(9-13-11-22-17-7-3-1-5-14(13)17)25-20-10-16-15-6-2-4-8-18(15)24-19(16)12-23-20/h1-8,10-12,22,24H,9H2,(H,23,25,26). The van der Waals surface area contributed by atoms with E-state index in [-0.39, 0.29) is 5.91 Å². The molecule has 3 N–H and O–H groups in total. The van der Waals surface area contributed by atoms with Gasteiger partial charge in [0.25, 0.3) is 0 Å². The van der Waals surface area contributed by atoms with Crippen LogP contribution in [0.15, 0.2) is 67.0 Å². The van der Waals surface area contributed by atoms with E-state index >= 15 is 0 Å². The van der Waals surface area contributed by atoms with E-state index in [0.29, 0.717) is 12.2 Å². The SMILES string of the molecule is O=C(Cc1c[nH]c2ccccc12)Nc1cc2c(cn1)[nH]c1ccccc12. The molecule has 5 aromatic rings. The van der Waals surface area contributed by atoms with E-state index in [9.17, 15) is 4.79 Å². The lowest BCUT2D eigenvalue weighted by Gasteiger charge is -2.04. The monoisotopic (exact) mass is 340 g/mol. The van der Waals surface area contributed by atoms with Crippen LogP contribution >= 0.6 is 0 Å². The minimum absolute atomic E-state index is 0.0820. The van der Waals surface area contributed by atoms with Gasteiger partial charge in [-0.2, -0.15) is 0 Å². The van der Waals surface area contributed by atoms with E-state index in [4.69, 9.17) is 0 Å². The van der Waals surface area contributed by atoms with Gasteiger partial charge in [0.15, 0.2) is 0 Å². The second-order valence-electron chi connectivity index (χ2n) is 6.37. The zero-order valence-electron chi connectivity index (χ0n) is 13.9. The average Bonchev–Trinajstić information content (AvgIpc) is 3.23. The third-order valence-corrected chi connectivity index (χ3v) is 4.68. The van der Waals surface area contributed by atoms with Crippen molar-refractivity contribution in [2.45, 2.75) is 6.42 Å². The summed E-state index contributed by atoms with van der Waals surface area (Å²) in [4.78, 5) is 23.4. The molecule has 2 aromatic carbocycles. The molecule has 126 valence electrons. The number of hydrogen-bond acceptors (Lipinski definition) is 2. The molecule has 0 fully saturated rings. The first kappa shape index (κ1) is 14.7. The van der Waals surface area contributed by atoms with Crippen molar-refractivity contribution >= 4 is 44.4 Å². The van der Waals surface area contributed by atoms with Crippen molar-refractivity contribution in [1.29, 1.82) is 0 Å². The number of rotatable bonds is 3. The maximum absolute atomic E-state index is 12.5. The number of aromatic amines is 2. The van der Waals surface area contributed by atoms with Crippen LogP contribution in [0.5, 0.6) is 0 Å². The van der Waals surface area contributed by atoms with Gasteiger partial charge < -0.3 is 15.3 Å². The van der Waals surface area contributed by atoms with Crippen LogP contribution in [0.3, 0.4) is 0 Å². The second-order valence-corrected chi connectivity index (χ2v) is 6.37. The van der Waals surface area contributed by atoms with Crippen molar-refractivity contribution in [3.05, 3.63) is 72.6 Å². The van der Waals surface area contributed by atoms with Crippen LogP contribution in [0.4, 0.5) is 5.82 Å². The topological polar surface area (TPSA) is 73.6 Å². The van der Waals surface area contributed by atoms with E-state index in [1.54, 1.807) is 6.20 Å². The van der Waals surface area contributed by atoms with Crippen LogP contribution in [0.1, 0.15) is 5.56 Å². The molecule has 0 atom stereocenters. The molecule has 0 aliphatic heterocycles. The van der Waals surface area contributed by atoms with Crippen LogP contribution in [0.25, 0.3) is 32.7 Å². The first-order valence-corrected chi connectivity index (χ1v) is 8.49. The van der Waals surface area contributed by atoms with Gasteiger partial charge in [-0.15, -0.1) is 0 Å². The molecule has 0 radical (unpaired) electrons. The van der Waals surface area contributed by atoms with Crippen molar-refractivity contribution in [2.24, 2.45) is 0 Å². The Balaban J connectivity index is 1.43. The number of benzene rings is 2. The van der Waals surface area contributed by atoms with Gasteiger partial charge in [0.2, 0.25) is 5.91 Å². The molecule has 5 rings (SSSR count). The molecule has 0 spiro atoms. The quantitative estimate of drug-likeness (QED) is 0.456. The Morgan fingerprint density at radius 1 is 0.923 bits per heavy atom. The molecular weight excluding hydrogens is 324 g/mol. The van der Waals surface area contributed by atoms with Crippen LogP contribution in [0, 0.1) is 0 Å². The van der Waals surface area contributed by atoms with Gasteiger partial charge in [0.1, 0.15) is 5.82 Å². The number of para-hydroxylation sites is 2. The molecule has 5 heteroatoms. The van der Waals surface area contributed by atoms with Gasteiger partial charge in [-0.3, -0.25) is 4.79 Å². The molecular formula is C21H16N4O. The van der Waals surface area contributed by atoms with Crippen molar-refractivity contribution in [3.63, 3.8) is 0 Å². The number of aromatic nitrogens is 3. The lowest BCUT2D eigenvalue weighted by molar-refractivity contribution is -0.115. The van der Waals surface area contributed by atoms with Crippen LogP contribution < -0.4 is 5.32 Å². The molecule has 5 nitrogen and oxygen atoms in total. The van der Waals surface area contributed by atoms with Gasteiger partial charge in [-0.05, 0) is 23.8 Å². The lowest BCUT2D eigenvalue weighted by Crippen LogP contribution is -2.15. The molecule has 0 saturated carbocycles. The third kappa shape index (κ3) is 2.41. The number of nitrogens with zero attached hydrogens (tertiary/aromatic N) is 1. The van der Waals surface area contributed by atoms with Crippen LogP contribution in [0.2, 0.25) is 0 Å². The highest BCUT2D eigenvalue weighted by molar-refractivity contribution is 6.08. The Morgan fingerprint density at radius 3 is 2.58 bits per heavy atom. The molecule has 0 bridgehead atoms.